The van der Waals surface area contributed by atoms with Gasteiger partial charge in [0, 0.05) is 6.54 Å². The molecule has 0 radical (unpaired) electrons. The molecule has 1 heterocycles. The third-order valence-electron chi connectivity index (χ3n) is 2.00. The van der Waals surface area contributed by atoms with Crippen LogP contribution in [0.1, 0.15) is 5.69 Å². The van der Waals surface area contributed by atoms with Gasteiger partial charge in [-0.15, -0.1) is 5.10 Å². The Kier molecular flexibility index (Phi) is 2.99. The number of nitrogens with one attached hydrogen (secondary N) is 1. The van der Waals surface area contributed by atoms with Gasteiger partial charge in [-0.3, -0.25) is 0 Å². The smallest absolute Gasteiger partial charge is 0.0969 e. The second kappa shape index (κ2) is 4.42. The van der Waals surface area contributed by atoms with Gasteiger partial charge in [-0.2, -0.15) is 0 Å². The molecule has 1 N–H and O–H groups in total. The van der Waals surface area contributed by atoms with Crippen molar-refractivity contribution in [1.29, 1.82) is 0 Å². The van der Waals surface area contributed by atoms with E-state index in [-0.39, 0.29) is 0 Å². The number of aromatic nitrogens is 3. The van der Waals surface area contributed by atoms with Crippen LogP contribution in [0.3, 0.4) is 0 Å². The molecule has 0 spiro atoms. The summed E-state index contributed by atoms with van der Waals surface area (Å²) in [6, 6.07) is 7.54. The topological polar surface area (TPSA) is 42.7 Å². The first-order chi connectivity index (χ1) is 7.31. The van der Waals surface area contributed by atoms with Crippen molar-refractivity contribution in [2.24, 2.45) is 0 Å². The Morgan fingerprint density at radius 2 is 2.20 bits per heavy atom. The second-order valence-electron chi connectivity index (χ2n) is 3.14. The lowest BCUT2D eigenvalue weighted by molar-refractivity contribution is 0.767. The summed E-state index contributed by atoms with van der Waals surface area (Å²) in [5, 5.41) is 11.7. The standard InChI is InChI=1S/C10H11ClN4/c1-12-6-8-7-15(14-13-8)10-5-3-2-4-9(10)11/h2-5,7,12H,6H2,1H3. The van der Waals surface area contributed by atoms with Crippen LogP contribution >= 0.6 is 11.6 Å². The van der Waals surface area contributed by atoms with Crippen molar-refractivity contribution in [2.45, 2.75) is 6.54 Å². The van der Waals surface area contributed by atoms with Gasteiger partial charge in [-0.1, -0.05) is 28.9 Å². The number of nitrogens with zero attached hydrogens (tertiary/aromatic N) is 3. The molecule has 0 aliphatic heterocycles. The number of rotatable bonds is 3. The zero-order valence-electron chi connectivity index (χ0n) is 8.31. The largest absolute Gasteiger partial charge is 0.314 e. The van der Waals surface area contributed by atoms with E-state index in [1.165, 1.54) is 0 Å². The quantitative estimate of drug-likeness (QED) is 0.859. The third kappa shape index (κ3) is 2.16. The van der Waals surface area contributed by atoms with Crippen molar-refractivity contribution >= 4 is 11.6 Å². The summed E-state index contributed by atoms with van der Waals surface area (Å²) in [4.78, 5) is 0. The molecule has 1 aromatic carbocycles. The molecule has 5 heteroatoms. The first-order valence-corrected chi connectivity index (χ1v) is 5.00. The van der Waals surface area contributed by atoms with Crippen LogP contribution in [0.5, 0.6) is 0 Å². The van der Waals surface area contributed by atoms with E-state index in [2.05, 4.69) is 15.6 Å². The van der Waals surface area contributed by atoms with E-state index < -0.39 is 0 Å². The molecular formula is C10H11ClN4. The Bertz CT molecular complexity index is 452. The molecule has 0 bridgehead atoms. The van der Waals surface area contributed by atoms with Crippen LogP contribution < -0.4 is 5.32 Å². The average molecular weight is 223 g/mol. The lowest BCUT2D eigenvalue weighted by atomic mass is 10.3. The van der Waals surface area contributed by atoms with Crippen molar-refractivity contribution in [3.8, 4) is 5.69 Å². The maximum Gasteiger partial charge on any atom is 0.0969 e. The molecule has 2 rings (SSSR count). The predicted octanol–water partition coefficient (Wildman–Crippen LogP) is 1.64. The van der Waals surface area contributed by atoms with E-state index in [1.807, 2.05) is 37.5 Å². The van der Waals surface area contributed by atoms with Crippen LogP contribution in [0.2, 0.25) is 5.02 Å². The fourth-order valence-corrected chi connectivity index (χ4v) is 1.54. The summed E-state index contributed by atoms with van der Waals surface area (Å²) in [6.07, 6.45) is 1.86. The predicted molar refractivity (Wildman–Crippen MR) is 59.1 cm³/mol. The molecule has 0 aliphatic carbocycles. The van der Waals surface area contributed by atoms with Gasteiger partial charge >= 0.3 is 0 Å². The molecule has 0 fully saturated rings. The monoisotopic (exact) mass is 222 g/mol. The molecule has 0 saturated carbocycles. The maximum absolute atomic E-state index is 6.04. The molecule has 2 aromatic rings. The summed E-state index contributed by atoms with van der Waals surface area (Å²) in [5.41, 5.74) is 1.73. The first-order valence-electron chi connectivity index (χ1n) is 4.62. The van der Waals surface area contributed by atoms with Gasteiger partial charge in [-0.05, 0) is 19.2 Å². The van der Waals surface area contributed by atoms with Crippen molar-refractivity contribution in [2.75, 3.05) is 7.05 Å². The first kappa shape index (κ1) is 10.1. The van der Waals surface area contributed by atoms with E-state index in [0.717, 1.165) is 11.4 Å². The number of para-hydroxylation sites is 1. The summed E-state index contributed by atoms with van der Waals surface area (Å²) < 4.78 is 1.68. The minimum Gasteiger partial charge on any atom is -0.314 e. The molecule has 1 aromatic heterocycles. The van der Waals surface area contributed by atoms with Crippen LogP contribution in [0.4, 0.5) is 0 Å². The Labute approximate surface area is 92.9 Å². The summed E-state index contributed by atoms with van der Waals surface area (Å²) >= 11 is 6.04. The second-order valence-corrected chi connectivity index (χ2v) is 3.54. The lowest BCUT2D eigenvalue weighted by Crippen LogP contribution is -2.04. The van der Waals surface area contributed by atoms with Crippen molar-refractivity contribution in [3.63, 3.8) is 0 Å². The van der Waals surface area contributed by atoms with Gasteiger partial charge in [-0.25, -0.2) is 4.68 Å². The zero-order valence-corrected chi connectivity index (χ0v) is 9.07. The molecule has 0 saturated heterocycles. The number of hydrogen-bond acceptors (Lipinski definition) is 3. The Balaban J connectivity index is 2.33. The van der Waals surface area contributed by atoms with Crippen LogP contribution in [-0.2, 0) is 6.54 Å². The SMILES string of the molecule is CNCc1cn(-c2ccccc2Cl)nn1. The van der Waals surface area contributed by atoms with Gasteiger partial charge in [0.15, 0.2) is 0 Å². The fraction of sp³-hybridized carbons (Fsp3) is 0.200. The molecule has 15 heavy (non-hydrogen) atoms. The fourth-order valence-electron chi connectivity index (χ4n) is 1.32. The Morgan fingerprint density at radius 1 is 1.40 bits per heavy atom. The van der Waals surface area contributed by atoms with Gasteiger partial charge in [0.25, 0.3) is 0 Å². The summed E-state index contributed by atoms with van der Waals surface area (Å²) in [5.74, 6) is 0. The van der Waals surface area contributed by atoms with Crippen LogP contribution in [-0.4, -0.2) is 22.0 Å². The van der Waals surface area contributed by atoms with Gasteiger partial charge in [0.05, 0.1) is 22.6 Å². The molecular weight excluding hydrogens is 212 g/mol. The van der Waals surface area contributed by atoms with Crippen LogP contribution in [0.15, 0.2) is 30.5 Å². The molecule has 0 atom stereocenters. The minimum absolute atomic E-state index is 0.665. The Morgan fingerprint density at radius 3 is 2.93 bits per heavy atom. The summed E-state index contributed by atoms with van der Waals surface area (Å²) in [7, 11) is 1.87. The van der Waals surface area contributed by atoms with E-state index in [1.54, 1.807) is 4.68 Å². The highest BCUT2D eigenvalue weighted by Crippen LogP contribution is 2.18. The number of halogens is 1. The van der Waals surface area contributed by atoms with Crippen LogP contribution in [0, 0.1) is 0 Å². The van der Waals surface area contributed by atoms with Crippen molar-refractivity contribution in [1.82, 2.24) is 20.3 Å². The van der Waals surface area contributed by atoms with Gasteiger partial charge < -0.3 is 5.32 Å². The van der Waals surface area contributed by atoms with E-state index in [9.17, 15) is 0 Å². The number of hydrogen-bond donors (Lipinski definition) is 1. The molecule has 0 amide bonds. The molecule has 0 unspecified atom stereocenters. The highest BCUT2D eigenvalue weighted by atomic mass is 35.5. The van der Waals surface area contributed by atoms with E-state index in [0.29, 0.717) is 11.6 Å². The normalized spacial score (nSPS) is 10.5. The average Bonchev–Trinajstić information content (AvgIpc) is 2.68. The van der Waals surface area contributed by atoms with Crippen molar-refractivity contribution in [3.05, 3.63) is 41.2 Å². The van der Waals surface area contributed by atoms with E-state index >= 15 is 0 Å². The highest BCUT2D eigenvalue weighted by molar-refractivity contribution is 6.32. The maximum atomic E-state index is 6.04. The lowest BCUT2D eigenvalue weighted by Gasteiger charge is -2.01. The third-order valence-corrected chi connectivity index (χ3v) is 2.32. The van der Waals surface area contributed by atoms with Crippen LogP contribution in [0.25, 0.3) is 5.69 Å². The minimum atomic E-state index is 0.665. The Hall–Kier alpha value is -1.39. The number of benzene rings is 1. The molecule has 0 aliphatic rings. The highest BCUT2D eigenvalue weighted by Gasteiger charge is 2.04. The zero-order chi connectivity index (χ0) is 10.7. The van der Waals surface area contributed by atoms with Gasteiger partial charge in [0.1, 0.15) is 0 Å². The molecule has 4 nitrogen and oxygen atoms in total. The van der Waals surface area contributed by atoms with Crippen molar-refractivity contribution < 1.29 is 0 Å². The summed E-state index contributed by atoms with van der Waals surface area (Å²) in [6.45, 7) is 0.699. The molecule has 78 valence electrons. The van der Waals surface area contributed by atoms with Gasteiger partial charge in [0.2, 0.25) is 0 Å². The van der Waals surface area contributed by atoms with E-state index in [4.69, 9.17) is 11.6 Å².